The largest absolute Gasteiger partial charge is 0.383 e. The van der Waals surface area contributed by atoms with Crippen LogP contribution >= 0.6 is 12.2 Å². The van der Waals surface area contributed by atoms with Gasteiger partial charge in [0.2, 0.25) is 5.91 Å². The van der Waals surface area contributed by atoms with Crippen LogP contribution in [0, 0.1) is 11.7 Å². The van der Waals surface area contributed by atoms with E-state index in [0.717, 1.165) is 16.6 Å². The van der Waals surface area contributed by atoms with E-state index in [2.05, 4.69) is 10.3 Å². The Balaban J connectivity index is 2.08. The number of nitrogens with one attached hydrogen (secondary N) is 2. The van der Waals surface area contributed by atoms with Crippen molar-refractivity contribution >= 4 is 29.2 Å². The monoisotopic (exact) mass is 293 g/mol. The normalized spacial score (nSPS) is 10.9. The molecule has 0 saturated heterocycles. The first kappa shape index (κ1) is 14.7. The Kier molecular flexibility index (Phi) is 4.92. The molecule has 0 aliphatic carbocycles. The minimum atomic E-state index is 0.00637. The predicted octanol–water partition coefficient (Wildman–Crippen LogP) is 2.16. The van der Waals surface area contributed by atoms with Crippen LogP contribution in [0.25, 0.3) is 11.0 Å². The van der Waals surface area contributed by atoms with Gasteiger partial charge in [-0.1, -0.05) is 12.1 Å². The SMILES string of the molecule is COCCNC(=O)CCn1c(=S)[nH]c2cccc(C)c21. The summed E-state index contributed by atoms with van der Waals surface area (Å²) in [6, 6.07) is 6.03. The Morgan fingerprint density at radius 1 is 1.50 bits per heavy atom. The van der Waals surface area contributed by atoms with Gasteiger partial charge < -0.3 is 19.6 Å². The number of imidazole rings is 1. The summed E-state index contributed by atoms with van der Waals surface area (Å²) in [5.74, 6) is 0.00637. The molecule has 6 heteroatoms. The number of carbonyl (C=O) groups is 1. The van der Waals surface area contributed by atoms with Crippen LogP contribution < -0.4 is 5.32 Å². The Labute approximate surface area is 122 Å². The zero-order valence-electron chi connectivity index (χ0n) is 11.7. The molecular weight excluding hydrogens is 274 g/mol. The van der Waals surface area contributed by atoms with E-state index in [0.29, 0.717) is 30.9 Å². The summed E-state index contributed by atoms with van der Waals surface area (Å²) in [5, 5.41) is 2.81. The van der Waals surface area contributed by atoms with E-state index in [1.54, 1.807) is 7.11 Å². The molecule has 1 aromatic carbocycles. The summed E-state index contributed by atoms with van der Waals surface area (Å²) in [6.07, 6.45) is 0.402. The molecule has 0 unspecified atom stereocenters. The lowest BCUT2D eigenvalue weighted by atomic mass is 10.2. The highest BCUT2D eigenvalue weighted by Crippen LogP contribution is 2.18. The van der Waals surface area contributed by atoms with Crippen LogP contribution in [-0.4, -0.2) is 35.7 Å². The van der Waals surface area contributed by atoms with Crippen LogP contribution in [-0.2, 0) is 16.1 Å². The minimum Gasteiger partial charge on any atom is -0.383 e. The van der Waals surface area contributed by atoms with Crippen molar-refractivity contribution in [2.75, 3.05) is 20.3 Å². The van der Waals surface area contributed by atoms with Crippen molar-refractivity contribution < 1.29 is 9.53 Å². The number of para-hydroxylation sites is 1. The fourth-order valence-corrected chi connectivity index (χ4v) is 2.50. The maximum atomic E-state index is 11.7. The third-order valence-corrected chi connectivity index (χ3v) is 3.51. The van der Waals surface area contributed by atoms with Crippen molar-refractivity contribution in [3.05, 3.63) is 28.5 Å². The molecule has 108 valence electrons. The van der Waals surface area contributed by atoms with Gasteiger partial charge in [0.1, 0.15) is 0 Å². The number of aromatic nitrogens is 2. The van der Waals surface area contributed by atoms with E-state index in [1.165, 1.54) is 0 Å². The molecule has 2 rings (SSSR count). The molecule has 0 aliphatic heterocycles. The number of methoxy groups -OCH3 is 1. The quantitative estimate of drug-likeness (QED) is 0.634. The maximum Gasteiger partial charge on any atom is 0.221 e. The van der Waals surface area contributed by atoms with Crippen molar-refractivity contribution in [3.63, 3.8) is 0 Å². The molecule has 2 N–H and O–H groups in total. The number of amides is 1. The average Bonchev–Trinajstić information content (AvgIpc) is 2.74. The first-order chi connectivity index (χ1) is 9.63. The Hall–Kier alpha value is -1.66. The van der Waals surface area contributed by atoms with Gasteiger partial charge in [0.25, 0.3) is 0 Å². The molecule has 0 spiro atoms. The lowest BCUT2D eigenvalue weighted by molar-refractivity contribution is -0.121. The van der Waals surface area contributed by atoms with Crippen molar-refractivity contribution in [2.45, 2.75) is 19.9 Å². The van der Waals surface area contributed by atoms with Gasteiger partial charge in [-0.15, -0.1) is 0 Å². The average molecular weight is 293 g/mol. The molecule has 2 aromatic rings. The first-order valence-electron chi connectivity index (χ1n) is 6.57. The number of benzene rings is 1. The van der Waals surface area contributed by atoms with Gasteiger partial charge in [0, 0.05) is 26.6 Å². The standard InChI is InChI=1S/C14H19N3O2S/c1-10-4-3-5-11-13(10)17(14(20)16-11)8-6-12(18)15-7-9-19-2/h3-5H,6-9H2,1-2H3,(H,15,18)(H,16,20). The molecule has 0 atom stereocenters. The van der Waals surface area contributed by atoms with Gasteiger partial charge >= 0.3 is 0 Å². The summed E-state index contributed by atoms with van der Waals surface area (Å²) in [4.78, 5) is 14.9. The fraction of sp³-hybridized carbons (Fsp3) is 0.429. The molecule has 0 saturated carbocycles. The Bertz CT molecular complexity index is 660. The number of nitrogens with zero attached hydrogens (tertiary/aromatic N) is 1. The highest BCUT2D eigenvalue weighted by molar-refractivity contribution is 7.71. The number of H-pyrrole nitrogens is 1. The van der Waals surface area contributed by atoms with Crippen LogP contribution in [0.15, 0.2) is 18.2 Å². The number of rotatable bonds is 6. The van der Waals surface area contributed by atoms with E-state index in [-0.39, 0.29) is 5.91 Å². The zero-order chi connectivity index (χ0) is 14.5. The zero-order valence-corrected chi connectivity index (χ0v) is 12.5. The number of fused-ring (bicyclic) bond motifs is 1. The second-order valence-corrected chi connectivity index (χ2v) is 5.03. The highest BCUT2D eigenvalue weighted by atomic mass is 32.1. The number of ether oxygens (including phenoxy) is 1. The topological polar surface area (TPSA) is 59.0 Å². The van der Waals surface area contributed by atoms with Gasteiger partial charge in [0.05, 0.1) is 17.6 Å². The van der Waals surface area contributed by atoms with E-state index in [9.17, 15) is 4.79 Å². The third-order valence-electron chi connectivity index (χ3n) is 3.19. The smallest absolute Gasteiger partial charge is 0.221 e. The van der Waals surface area contributed by atoms with Crippen LogP contribution in [0.3, 0.4) is 0 Å². The van der Waals surface area contributed by atoms with Crippen LogP contribution in [0.1, 0.15) is 12.0 Å². The van der Waals surface area contributed by atoms with Crippen molar-refractivity contribution in [3.8, 4) is 0 Å². The number of hydrogen-bond acceptors (Lipinski definition) is 3. The summed E-state index contributed by atoms with van der Waals surface area (Å²) in [5.41, 5.74) is 3.23. The number of aromatic amines is 1. The van der Waals surface area contributed by atoms with E-state index >= 15 is 0 Å². The molecule has 1 aromatic heterocycles. The van der Waals surface area contributed by atoms with Gasteiger partial charge in [-0.3, -0.25) is 4.79 Å². The lowest BCUT2D eigenvalue weighted by Gasteiger charge is -2.07. The summed E-state index contributed by atoms with van der Waals surface area (Å²) < 4.78 is 7.53. The third kappa shape index (κ3) is 3.26. The lowest BCUT2D eigenvalue weighted by Crippen LogP contribution is -2.27. The van der Waals surface area contributed by atoms with Crippen LogP contribution in [0.5, 0.6) is 0 Å². The fourth-order valence-electron chi connectivity index (χ4n) is 2.21. The van der Waals surface area contributed by atoms with Gasteiger partial charge in [0.15, 0.2) is 4.77 Å². The Morgan fingerprint density at radius 3 is 3.05 bits per heavy atom. The van der Waals surface area contributed by atoms with E-state index in [4.69, 9.17) is 17.0 Å². The van der Waals surface area contributed by atoms with Crippen LogP contribution in [0.2, 0.25) is 0 Å². The summed E-state index contributed by atoms with van der Waals surface area (Å²) >= 11 is 5.33. The van der Waals surface area contributed by atoms with E-state index < -0.39 is 0 Å². The number of hydrogen-bond donors (Lipinski definition) is 2. The molecule has 5 nitrogen and oxygen atoms in total. The molecule has 20 heavy (non-hydrogen) atoms. The number of aryl methyl sites for hydroxylation is 2. The molecule has 1 amide bonds. The highest BCUT2D eigenvalue weighted by Gasteiger charge is 2.08. The molecule has 0 aliphatic rings. The second kappa shape index (κ2) is 6.67. The molecule has 0 radical (unpaired) electrons. The first-order valence-corrected chi connectivity index (χ1v) is 6.98. The second-order valence-electron chi connectivity index (χ2n) is 4.65. The predicted molar refractivity (Wildman–Crippen MR) is 81.4 cm³/mol. The van der Waals surface area contributed by atoms with Gasteiger partial charge in [-0.25, -0.2) is 0 Å². The van der Waals surface area contributed by atoms with Crippen molar-refractivity contribution in [1.29, 1.82) is 0 Å². The van der Waals surface area contributed by atoms with Gasteiger partial charge in [-0.2, -0.15) is 0 Å². The summed E-state index contributed by atoms with van der Waals surface area (Å²) in [7, 11) is 1.61. The summed E-state index contributed by atoms with van der Waals surface area (Å²) in [6.45, 7) is 3.67. The van der Waals surface area contributed by atoms with Crippen molar-refractivity contribution in [1.82, 2.24) is 14.9 Å². The van der Waals surface area contributed by atoms with Crippen molar-refractivity contribution in [2.24, 2.45) is 0 Å². The molecule has 0 bridgehead atoms. The molecule has 1 heterocycles. The number of carbonyl (C=O) groups excluding carboxylic acids is 1. The molecular formula is C14H19N3O2S. The van der Waals surface area contributed by atoms with Gasteiger partial charge in [-0.05, 0) is 30.8 Å². The Morgan fingerprint density at radius 2 is 2.30 bits per heavy atom. The molecule has 0 fully saturated rings. The maximum absolute atomic E-state index is 11.7. The van der Waals surface area contributed by atoms with E-state index in [1.807, 2.05) is 29.7 Å². The minimum absolute atomic E-state index is 0.00637. The van der Waals surface area contributed by atoms with Crippen LogP contribution in [0.4, 0.5) is 0 Å².